The van der Waals surface area contributed by atoms with Crippen LogP contribution in [-0.2, 0) is 22.6 Å². The fourth-order valence-corrected chi connectivity index (χ4v) is 7.19. The summed E-state index contributed by atoms with van der Waals surface area (Å²) in [6, 6.07) is 2.12. The van der Waals surface area contributed by atoms with Crippen LogP contribution < -0.4 is 5.32 Å². The van der Waals surface area contributed by atoms with Crippen LogP contribution in [0, 0.1) is 23.2 Å². The molecular formula is C20H26N2O2S. The van der Waals surface area contributed by atoms with Crippen molar-refractivity contribution in [3.63, 3.8) is 0 Å². The molecule has 4 aliphatic carbocycles. The van der Waals surface area contributed by atoms with E-state index in [0.29, 0.717) is 6.54 Å². The molecule has 1 N–H and O–H groups in total. The molecule has 2 amide bonds. The first-order chi connectivity index (χ1) is 12.1. The second-order valence-electron chi connectivity index (χ2n) is 8.81. The van der Waals surface area contributed by atoms with E-state index in [0.717, 1.165) is 50.0 Å². The summed E-state index contributed by atoms with van der Waals surface area (Å²) in [4.78, 5) is 28.8. The Hall–Kier alpha value is -1.36. The minimum Gasteiger partial charge on any atom is -0.347 e. The van der Waals surface area contributed by atoms with Crippen LogP contribution in [0.3, 0.4) is 0 Å². The molecule has 0 radical (unpaired) electrons. The topological polar surface area (TPSA) is 49.4 Å². The van der Waals surface area contributed by atoms with Crippen molar-refractivity contribution in [1.29, 1.82) is 0 Å². The molecule has 4 fully saturated rings. The highest BCUT2D eigenvalue weighted by molar-refractivity contribution is 7.10. The van der Waals surface area contributed by atoms with Crippen LogP contribution in [0.15, 0.2) is 11.4 Å². The van der Waals surface area contributed by atoms with E-state index >= 15 is 0 Å². The fourth-order valence-electron chi connectivity index (χ4n) is 6.31. The van der Waals surface area contributed by atoms with Gasteiger partial charge in [0.05, 0.1) is 6.54 Å². The van der Waals surface area contributed by atoms with E-state index in [-0.39, 0.29) is 23.8 Å². The molecule has 5 aliphatic rings. The highest BCUT2D eigenvalue weighted by Gasteiger charge is 2.54. The molecule has 4 nitrogen and oxygen atoms in total. The zero-order valence-corrected chi connectivity index (χ0v) is 15.4. The molecule has 1 aromatic heterocycles. The van der Waals surface area contributed by atoms with Gasteiger partial charge in [0.25, 0.3) is 0 Å². The van der Waals surface area contributed by atoms with Gasteiger partial charge in [-0.15, -0.1) is 11.3 Å². The Labute approximate surface area is 153 Å². The molecular weight excluding hydrogens is 332 g/mol. The third kappa shape index (κ3) is 2.71. The Balaban J connectivity index is 1.20. The van der Waals surface area contributed by atoms with Crippen LogP contribution >= 0.6 is 11.3 Å². The number of amides is 2. The lowest BCUT2D eigenvalue weighted by Gasteiger charge is -2.55. The summed E-state index contributed by atoms with van der Waals surface area (Å²) in [5.41, 5.74) is 1.12. The van der Waals surface area contributed by atoms with Crippen molar-refractivity contribution in [2.24, 2.45) is 23.2 Å². The Bertz CT molecular complexity index is 675. The Morgan fingerprint density at radius 2 is 1.84 bits per heavy atom. The molecule has 2 heterocycles. The molecule has 0 saturated heterocycles. The first-order valence-corrected chi connectivity index (χ1v) is 10.6. The lowest BCUT2D eigenvalue weighted by molar-refractivity contribution is -0.148. The summed E-state index contributed by atoms with van der Waals surface area (Å²) < 4.78 is 0. The smallest absolute Gasteiger partial charge is 0.242 e. The van der Waals surface area contributed by atoms with Crippen LogP contribution in [0.4, 0.5) is 0 Å². The molecule has 0 unspecified atom stereocenters. The lowest BCUT2D eigenvalue weighted by atomic mass is 9.49. The third-order valence-corrected chi connectivity index (χ3v) is 8.10. The molecule has 0 spiro atoms. The largest absolute Gasteiger partial charge is 0.347 e. The van der Waals surface area contributed by atoms with Crippen molar-refractivity contribution in [1.82, 2.24) is 10.2 Å². The average Bonchev–Trinajstić information content (AvgIpc) is 3.05. The minimum atomic E-state index is -0.155. The van der Waals surface area contributed by atoms with Crippen LogP contribution in [0.25, 0.3) is 0 Å². The van der Waals surface area contributed by atoms with Gasteiger partial charge in [0, 0.05) is 23.4 Å². The van der Waals surface area contributed by atoms with Gasteiger partial charge in [-0.2, -0.15) is 0 Å². The molecule has 4 bridgehead atoms. The molecule has 1 aliphatic heterocycles. The van der Waals surface area contributed by atoms with E-state index in [9.17, 15) is 9.59 Å². The summed E-state index contributed by atoms with van der Waals surface area (Å²) in [6.07, 6.45) is 8.12. The number of carbonyl (C=O) groups is 2. The fraction of sp³-hybridized carbons (Fsp3) is 0.700. The zero-order valence-electron chi connectivity index (χ0n) is 14.6. The number of carbonyl (C=O) groups excluding carboxylic acids is 2. The number of rotatable bonds is 3. The first kappa shape index (κ1) is 15.9. The van der Waals surface area contributed by atoms with Gasteiger partial charge in [-0.3, -0.25) is 9.59 Å². The van der Waals surface area contributed by atoms with Gasteiger partial charge in [0.1, 0.15) is 0 Å². The number of nitrogens with one attached hydrogen (secondary N) is 1. The second kappa shape index (κ2) is 5.83. The maximum absolute atomic E-state index is 13.0. The number of nitrogens with zero attached hydrogens (tertiary/aromatic N) is 1. The van der Waals surface area contributed by atoms with Gasteiger partial charge >= 0.3 is 0 Å². The quantitative estimate of drug-likeness (QED) is 0.903. The van der Waals surface area contributed by atoms with Gasteiger partial charge in [0.15, 0.2) is 0 Å². The number of hydrogen-bond donors (Lipinski definition) is 1. The highest BCUT2D eigenvalue weighted by atomic mass is 32.1. The SMILES string of the molecule is O=C(CNC(=O)C12CC3CC(CC(C3)C1)C2)N1CCc2sccc2C1. The van der Waals surface area contributed by atoms with Crippen LogP contribution in [0.5, 0.6) is 0 Å². The van der Waals surface area contributed by atoms with Crippen molar-refractivity contribution < 1.29 is 9.59 Å². The molecule has 0 aromatic carbocycles. The van der Waals surface area contributed by atoms with Gasteiger partial charge in [0.2, 0.25) is 11.8 Å². The monoisotopic (exact) mass is 358 g/mol. The second-order valence-corrected chi connectivity index (χ2v) is 9.82. The Kier molecular flexibility index (Phi) is 3.70. The van der Waals surface area contributed by atoms with Gasteiger partial charge in [-0.05, 0) is 79.7 Å². The summed E-state index contributed by atoms with van der Waals surface area (Å²) >= 11 is 1.78. The van der Waals surface area contributed by atoms with Crippen molar-refractivity contribution in [3.8, 4) is 0 Å². The van der Waals surface area contributed by atoms with Crippen molar-refractivity contribution >= 4 is 23.2 Å². The number of hydrogen-bond acceptors (Lipinski definition) is 3. The lowest BCUT2D eigenvalue weighted by Crippen LogP contribution is -2.54. The summed E-state index contributed by atoms with van der Waals surface area (Å²) in [5, 5.41) is 5.13. The maximum Gasteiger partial charge on any atom is 0.242 e. The van der Waals surface area contributed by atoms with Gasteiger partial charge in [-0.1, -0.05) is 0 Å². The molecule has 5 heteroatoms. The van der Waals surface area contributed by atoms with Crippen molar-refractivity contribution in [3.05, 3.63) is 21.9 Å². The maximum atomic E-state index is 13.0. The molecule has 4 saturated carbocycles. The number of thiophene rings is 1. The van der Waals surface area contributed by atoms with Gasteiger partial charge < -0.3 is 10.2 Å². The van der Waals surface area contributed by atoms with E-state index in [2.05, 4.69) is 16.8 Å². The summed E-state index contributed by atoms with van der Waals surface area (Å²) in [6.45, 7) is 1.64. The number of fused-ring (bicyclic) bond motifs is 1. The molecule has 25 heavy (non-hydrogen) atoms. The van der Waals surface area contributed by atoms with Crippen LogP contribution in [0.2, 0.25) is 0 Å². The van der Waals surface area contributed by atoms with Crippen LogP contribution in [0.1, 0.15) is 49.0 Å². The normalized spacial score (nSPS) is 35.5. The minimum absolute atomic E-state index is 0.0647. The average molecular weight is 359 g/mol. The zero-order chi connectivity index (χ0) is 17.0. The van der Waals surface area contributed by atoms with E-state index in [1.54, 1.807) is 11.3 Å². The van der Waals surface area contributed by atoms with Gasteiger partial charge in [-0.25, -0.2) is 0 Å². The molecule has 6 rings (SSSR count). The molecule has 0 atom stereocenters. The van der Waals surface area contributed by atoms with E-state index < -0.39 is 0 Å². The standard InChI is InChI=1S/C20H26N2O2S/c23-18(22-3-1-17-16(12-22)2-4-25-17)11-21-19(24)20-8-13-5-14(9-20)7-15(6-13)10-20/h2,4,13-15H,1,3,5-12H2,(H,21,24). The van der Waals surface area contributed by atoms with Crippen LogP contribution in [-0.4, -0.2) is 29.8 Å². The molecule has 134 valence electrons. The first-order valence-electron chi connectivity index (χ1n) is 9.73. The Morgan fingerprint density at radius 3 is 2.52 bits per heavy atom. The van der Waals surface area contributed by atoms with E-state index in [1.807, 2.05) is 4.90 Å². The third-order valence-electron chi connectivity index (χ3n) is 7.08. The van der Waals surface area contributed by atoms with Crippen molar-refractivity contribution in [2.75, 3.05) is 13.1 Å². The predicted molar refractivity (Wildman–Crippen MR) is 97.1 cm³/mol. The van der Waals surface area contributed by atoms with E-state index in [4.69, 9.17) is 0 Å². The van der Waals surface area contributed by atoms with E-state index in [1.165, 1.54) is 29.7 Å². The predicted octanol–water partition coefficient (Wildman–Crippen LogP) is 2.97. The molecule has 1 aromatic rings. The summed E-state index contributed by atoms with van der Waals surface area (Å²) in [7, 11) is 0. The highest BCUT2D eigenvalue weighted by Crippen LogP contribution is 2.60. The summed E-state index contributed by atoms with van der Waals surface area (Å²) in [5.74, 6) is 2.49. The van der Waals surface area contributed by atoms with Crippen molar-refractivity contribution in [2.45, 2.75) is 51.5 Å². The Morgan fingerprint density at radius 1 is 1.16 bits per heavy atom.